The Hall–Kier alpha value is -9.76. The maximum absolute atomic E-state index is 2.48. The van der Waals surface area contributed by atoms with E-state index in [9.17, 15) is 0 Å². The summed E-state index contributed by atoms with van der Waals surface area (Å²) in [6.07, 6.45) is 0. The lowest BCUT2D eigenvalue weighted by atomic mass is 9.70. The summed E-state index contributed by atoms with van der Waals surface area (Å²) >= 11 is 0. The molecule has 0 amide bonds. The third-order valence-corrected chi connectivity index (χ3v) is 17.6. The van der Waals surface area contributed by atoms with Gasteiger partial charge in [-0.3, -0.25) is 0 Å². The van der Waals surface area contributed by atoms with Crippen molar-refractivity contribution in [3.63, 3.8) is 0 Å². The zero-order valence-electron chi connectivity index (χ0n) is 43.5. The highest BCUT2D eigenvalue weighted by atomic mass is 15.1. The highest BCUT2D eigenvalue weighted by Gasteiger charge is 2.53. The summed E-state index contributed by atoms with van der Waals surface area (Å²) < 4.78 is 2.38. The molecule has 12 aromatic carbocycles. The number of hydrogen-bond acceptors (Lipinski definition) is 1. The second-order valence-electron chi connectivity index (χ2n) is 21.9. The number of fused-ring (bicyclic) bond motifs is 17. The van der Waals surface area contributed by atoms with Gasteiger partial charge in [0.1, 0.15) is 0 Å². The van der Waals surface area contributed by atoms with Crippen molar-refractivity contribution < 1.29 is 0 Å². The van der Waals surface area contributed by atoms with Gasteiger partial charge in [0, 0.05) is 38.9 Å². The molecule has 3 aliphatic carbocycles. The van der Waals surface area contributed by atoms with Crippen LogP contribution in [0.25, 0.3) is 94.3 Å². The average molecular weight is 993 g/mol. The number of para-hydroxylation sites is 2. The minimum atomic E-state index is -0.367. The molecule has 0 aliphatic heterocycles. The topological polar surface area (TPSA) is 8.17 Å². The predicted octanol–water partition coefficient (Wildman–Crippen LogP) is 19.9. The van der Waals surface area contributed by atoms with Crippen LogP contribution in [0.5, 0.6) is 0 Å². The number of benzene rings is 12. The second kappa shape index (κ2) is 16.9. The molecule has 1 spiro atoms. The van der Waals surface area contributed by atoms with Gasteiger partial charge < -0.3 is 9.47 Å². The molecule has 0 fully saturated rings. The zero-order valence-corrected chi connectivity index (χ0v) is 43.5. The molecule has 0 atom stereocenters. The van der Waals surface area contributed by atoms with Crippen molar-refractivity contribution in [1.29, 1.82) is 0 Å². The van der Waals surface area contributed by atoms with Crippen LogP contribution in [-0.4, -0.2) is 4.57 Å². The summed E-state index contributed by atoms with van der Waals surface area (Å²) in [6, 6.07) is 104. The average Bonchev–Trinajstić information content (AvgIpc) is 2.84. The third-order valence-electron chi connectivity index (χ3n) is 17.6. The van der Waals surface area contributed by atoms with Gasteiger partial charge in [-0.15, -0.1) is 0 Å². The first kappa shape index (κ1) is 44.5. The summed E-state index contributed by atoms with van der Waals surface area (Å²) in [7, 11) is 0. The van der Waals surface area contributed by atoms with Crippen molar-refractivity contribution in [3.05, 3.63) is 312 Å². The molecule has 0 saturated heterocycles. The molecule has 2 nitrogen and oxygen atoms in total. The summed E-state index contributed by atoms with van der Waals surface area (Å²) in [5, 5.41) is 2.44. The molecule has 3 aliphatic rings. The molecule has 2 heteroatoms. The van der Waals surface area contributed by atoms with E-state index in [1.807, 2.05) is 0 Å². The number of anilines is 3. The lowest BCUT2D eigenvalue weighted by Gasteiger charge is -2.31. The van der Waals surface area contributed by atoms with Crippen LogP contribution in [0.4, 0.5) is 17.1 Å². The number of rotatable bonds is 7. The molecular weight excluding hydrogens is 941 g/mol. The molecule has 366 valence electrons. The van der Waals surface area contributed by atoms with Crippen LogP contribution in [0, 0.1) is 0 Å². The van der Waals surface area contributed by atoms with Crippen LogP contribution < -0.4 is 4.90 Å². The minimum Gasteiger partial charge on any atom is -0.310 e. The van der Waals surface area contributed by atoms with Gasteiger partial charge in [-0.2, -0.15) is 0 Å². The summed E-state index contributed by atoms with van der Waals surface area (Å²) in [4.78, 5) is 2.41. The summed E-state index contributed by atoms with van der Waals surface area (Å²) in [6.45, 7) is 4.84. The van der Waals surface area contributed by atoms with Crippen LogP contribution >= 0.6 is 0 Å². The first-order valence-corrected chi connectivity index (χ1v) is 27.3. The molecule has 1 aromatic heterocycles. The Kier molecular flexibility index (Phi) is 9.63. The highest BCUT2D eigenvalue weighted by Crippen LogP contribution is 2.66. The van der Waals surface area contributed by atoms with Crippen LogP contribution in [-0.2, 0) is 10.8 Å². The fourth-order valence-electron chi connectivity index (χ4n) is 14.1. The first-order valence-electron chi connectivity index (χ1n) is 27.3. The Morgan fingerprint density at radius 1 is 0.282 bits per heavy atom. The Morgan fingerprint density at radius 3 is 1.47 bits per heavy atom. The monoisotopic (exact) mass is 992 g/mol. The first-order chi connectivity index (χ1) is 38.4. The molecule has 78 heavy (non-hydrogen) atoms. The normalized spacial score (nSPS) is 13.7. The maximum atomic E-state index is 2.48. The lowest BCUT2D eigenvalue weighted by molar-refractivity contribution is 0.660. The molecule has 13 aromatic rings. The van der Waals surface area contributed by atoms with Gasteiger partial charge in [0.2, 0.25) is 0 Å². The van der Waals surface area contributed by atoms with E-state index in [-0.39, 0.29) is 10.8 Å². The minimum absolute atomic E-state index is 0.191. The quantitative estimate of drug-likeness (QED) is 0.154. The molecule has 0 bridgehead atoms. The SMILES string of the molecule is CC1(C)c2cc(-c3ccc(-c4cccc(N(c5ccc(-c6ccccc6)cc5)c5ccc6c(c5)c5ccccc5n6-c5ccccc5)c4)cc3)ccc2-c2c1ccc1c2-c2ccccc2C12c1ccccc1-c1ccccc12. The van der Waals surface area contributed by atoms with E-state index in [2.05, 4.69) is 302 Å². The van der Waals surface area contributed by atoms with E-state index in [4.69, 9.17) is 0 Å². The highest BCUT2D eigenvalue weighted by molar-refractivity contribution is 6.11. The number of aromatic nitrogens is 1. The molecular formula is C76H52N2. The zero-order chi connectivity index (χ0) is 51.7. The van der Waals surface area contributed by atoms with Gasteiger partial charge in [0.15, 0.2) is 0 Å². The van der Waals surface area contributed by atoms with E-state index in [1.54, 1.807) is 0 Å². The van der Waals surface area contributed by atoms with Gasteiger partial charge in [-0.05, 0) is 167 Å². The van der Waals surface area contributed by atoms with Crippen molar-refractivity contribution in [3.8, 4) is 72.4 Å². The Morgan fingerprint density at radius 2 is 0.756 bits per heavy atom. The number of nitrogens with zero attached hydrogens (tertiary/aromatic N) is 2. The van der Waals surface area contributed by atoms with E-state index in [1.165, 1.54) is 116 Å². The van der Waals surface area contributed by atoms with Gasteiger partial charge >= 0.3 is 0 Å². The van der Waals surface area contributed by atoms with Crippen molar-refractivity contribution in [1.82, 2.24) is 4.57 Å². The van der Waals surface area contributed by atoms with Gasteiger partial charge in [-0.1, -0.05) is 226 Å². The Balaban J connectivity index is 0.772. The fourth-order valence-corrected chi connectivity index (χ4v) is 14.1. The van der Waals surface area contributed by atoms with Gasteiger partial charge in [-0.25, -0.2) is 0 Å². The lowest BCUT2D eigenvalue weighted by Crippen LogP contribution is -2.26. The Labute approximate surface area is 455 Å². The fraction of sp³-hybridized carbons (Fsp3) is 0.0526. The second-order valence-corrected chi connectivity index (χ2v) is 21.9. The molecule has 16 rings (SSSR count). The number of hydrogen-bond donors (Lipinski definition) is 0. The third kappa shape index (κ3) is 6.32. The summed E-state index contributed by atoms with van der Waals surface area (Å²) in [5.41, 5.74) is 29.9. The molecule has 1 heterocycles. The molecule has 0 radical (unpaired) electrons. The van der Waals surface area contributed by atoms with Crippen molar-refractivity contribution in [2.24, 2.45) is 0 Å². The standard InChI is InChI=1S/C76H52N2/c1-75(2)68-43-44-69-74(62-27-11-15-30-67(62)76(69)65-28-13-9-24-59(65)60-25-10-14-29-66(60)76)73(68)63-42-38-54(47-70(63)75)52-34-32-51(33-35-52)53-20-17-23-57(46-53)77(56-39-36-50(37-40-56)49-18-5-3-6-19-49)58-41-45-72-64(48-58)61-26-12-16-31-71(61)78(72)55-21-7-4-8-22-55/h3-48H,1-2H3. The predicted molar refractivity (Wildman–Crippen MR) is 326 cm³/mol. The van der Waals surface area contributed by atoms with Crippen LogP contribution in [0.2, 0.25) is 0 Å². The van der Waals surface area contributed by atoms with Gasteiger partial charge in [0.25, 0.3) is 0 Å². The van der Waals surface area contributed by atoms with Crippen molar-refractivity contribution in [2.45, 2.75) is 24.7 Å². The van der Waals surface area contributed by atoms with Crippen LogP contribution in [0.1, 0.15) is 47.2 Å². The molecule has 0 N–H and O–H groups in total. The smallest absolute Gasteiger partial charge is 0.0725 e. The molecule has 0 unspecified atom stereocenters. The van der Waals surface area contributed by atoms with E-state index in [0.717, 1.165) is 28.3 Å². The Bertz CT molecular complexity index is 4510. The summed E-state index contributed by atoms with van der Waals surface area (Å²) in [5.74, 6) is 0. The van der Waals surface area contributed by atoms with E-state index in [0.29, 0.717) is 0 Å². The van der Waals surface area contributed by atoms with E-state index < -0.39 is 0 Å². The largest absolute Gasteiger partial charge is 0.310 e. The van der Waals surface area contributed by atoms with Crippen LogP contribution in [0.15, 0.2) is 279 Å². The molecule has 0 saturated carbocycles. The van der Waals surface area contributed by atoms with Crippen molar-refractivity contribution in [2.75, 3.05) is 4.90 Å². The van der Waals surface area contributed by atoms with Crippen LogP contribution in [0.3, 0.4) is 0 Å². The van der Waals surface area contributed by atoms with Crippen molar-refractivity contribution >= 4 is 38.9 Å². The van der Waals surface area contributed by atoms with Gasteiger partial charge in [0.05, 0.1) is 16.4 Å². The maximum Gasteiger partial charge on any atom is 0.0725 e. The van der Waals surface area contributed by atoms with E-state index >= 15 is 0 Å².